The van der Waals surface area contributed by atoms with Crippen LogP contribution >= 0.6 is 12.4 Å². The largest absolute Gasteiger partial charge is 0.378 e. The number of hydrogen-bond acceptors (Lipinski definition) is 4. The van der Waals surface area contributed by atoms with Crippen molar-refractivity contribution in [1.29, 1.82) is 0 Å². The van der Waals surface area contributed by atoms with Crippen molar-refractivity contribution in [3.8, 4) is 0 Å². The molecule has 2 aliphatic heterocycles. The van der Waals surface area contributed by atoms with Gasteiger partial charge in [0.05, 0.1) is 19.1 Å². The first kappa shape index (κ1) is 19.5. The number of amides is 2. The number of carbonyl (C=O) groups excluding carboxylic acids is 2. The van der Waals surface area contributed by atoms with Crippen LogP contribution in [0.2, 0.25) is 0 Å². The molecule has 24 heavy (non-hydrogen) atoms. The predicted octanol–water partition coefficient (Wildman–Crippen LogP) is 1.02. The van der Waals surface area contributed by atoms with Crippen LogP contribution < -0.4 is 5.73 Å². The van der Waals surface area contributed by atoms with Gasteiger partial charge in [-0.3, -0.25) is 9.59 Å². The highest BCUT2D eigenvalue weighted by molar-refractivity contribution is 5.85. The van der Waals surface area contributed by atoms with Crippen molar-refractivity contribution < 1.29 is 14.3 Å². The van der Waals surface area contributed by atoms with Crippen molar-refractivity contribution in [3.63, 3.8) is 0 Å². The molecule has 3 atom stereocenters. The Morgan fingerprint density at radius 3 is 2.42 bits per heavy atom. The summed E-state index contributed by atoms with van der Waals surface area (Å²) in [6.07, 6.45) is 5.61. The monoisotopic (exact) mass is 359 g/mol. The first-order chi connectivity index (χ1) is 11.1. The second-order valence-electron chi connectivity index (χ2n) is 7.18. The minimum atomic E-state index is -0.0388. The fourth-order valence-electron chi connectivity index (χ4n) is 4.12. The van der Waals surface area contributed by atoms with Crippen LogP contribution in [0, 0.1) is 11.8 Å². The Morgan fingerprint density at radius 2 is 1.75 bits per heavy atom. The summed E-state index contributed by atoms with van der Waals surface area (Å²) in [7, 11) is 0. The molecule has 2 heterocycles. The Morgan fingerprint density at radius 1 is 1.00 bits per heavy atom. The van der Waals surface area contributed by atoms with E-state index in [0.29, 0.717) is 45.2 Å². The molecule has 1 unspecified atom stereocenters. The summed E-state index contributed by atoms with van der Waals surface area (Å²) < 4.78 is 5.31. The molecule has 2 N–H and O–H groups in total. The minimum Gasteiger partial charge on any atom is -0.378 e. The summed E-state index contributed by atoms with van der Waals surface area (Å²) in [4.78, 5) is 29.0. The van der Waals surface area contributed by atoms with Crippen LogP contribution in [0.3, 0.4) is 0 Å². The third kappa shape index (κ3) is 4.61. The molecule has 3 aliphatic rings. The number of nitrogens with zero attached hydrogens (tertiary/aromatic N) is 2. The Bertz CT molecular complexity index is 443. The minimum absolute atomic E-state index is 0. The topological polar surface area (TPSA) is 75.9 Å². The zero-order valence-electron chi connectivity index (χ0n) is 14.3. The number of hydrogen-bond donors (Lipinski definition) is 1. The quantitative estimate of drug-likeness (QED) is 0.816. The molecule has 7 heteroatoms. The Balaban J connectivity index is 0.00000208. The zero-order valence-corrected chi connectivity index (χ0v) is 15.1. The number of ether oxygens (including phenoxy) is 1. The number of piperidine rings is 1. The average molecular weight is 360 g/mol. The molecule has 0 bridgehead atoms. The lowest BCUT2D eigenvalue weighted by Crippen LogP contribution is -2.49. The van der Waals surface area contributed by atoms with Gasteiger partial charge < -0.3 is 20.3 Å². The smallest absolute Gasteiger partial charge is 0.227 e. The zero-order chi connectivity index (χ0) is 16.2. The van der Waals surface area contributed by atoms with Gasteiger partial charge in [-0.05, 0) is 31.6 Å². The molecule has 0 aromatic heterocycles. The van der Waals surface area contributed by atoms with Crippen molar-refractivity contribution in [2.75, 3.05) is 39.4 Å². The van der Waals surface area contributed by atoms with E-state index in [1.807, 2.05) is 9.80 Å². The van der Waals surface area contributed by atoms with Gasteiger partial charge in [0, 0.05) is 38.6 Å². The molecule has 138 valence electrons. The van der Waals surface area contributed by atoms with E-state index in [-0.39, 0.29) is 36.2 Å². The van der Waals surface area contributed by atoms with Crippen LogP contribution in [0.1, 0.15) is 38.5 Å². The molecule has 0 aromatic rings. The first-order valence-electron chi connectivity index (χ1n) is 9.05. The summed E-state index contributed by atoms with van der Waals surface area (Å²) in [5.74, 6) is 0.677. The van der Waals surface area contributed by atoms with E-state index in [4.69, 9.17) is 10.5 Å². The molecule has 0 radical (unpaired) electrons. The van der Waals surface area contributed by atoms with E-state index in [1.54, 1.807) is 0 Å². The number of nitrogens with two attached hydrogens (primary N) is 1. The van der Waals surface area contributed by atoms with Gasteiger partial charge in [0.2, 0.25) is 11.8 Å². The van der Waals surface area contributed by atoms with E-state index in [1.165, 1.54) is 0 Å². The molecule has 2 amide bonds. The molecule has 3 fully saturated rings. The Kier molecular flexibility index (Phi) is 7.32. The van der Waals surface area contributed by atoms with Gasteiger partial charge in [-0.15, -0.1) is 12.4 Å². The van der Waals surface area contributed by atoms with Crippen molar-refractivity contribution in [1.82, 2.24) is 9.80 Å². The second kappa shape index (κ2) is 9.02. The van der Waals surface area contributed by atoms with Crippen molar-refractivity contribution >= 4 is 24.2 Å². The van der Waals surface area contributed by atoms with Gasteiger partial charge in [0.1, 0.15) is 0 Å². The number of halogens is 1. The van der Waals surface area contributed by atoms with Crippen LogP contribution in [0.4, 0.5) is 0 Å². The molecule has 0 spiro atoms. The highest BCUT2D eigenvalue weighted by atomic mass is 35.5. The third-order valence-electron chi connectivity index (χ3n) is 5.60. The van der Waals surface area contributed by atoms with Crippen LogP contribution in [-0.4, -0.2) is 67.0 Å². The number of rotatable bonds is 3. The fraction of sp³-hybridized carbons (Fsp3) is 0.882. The maximum Gasteiger partial charge on any atom is 0.227 e. The fourth-order valence-corrected chi connectivity index (χ4v) is 4.12. The molecule has 2 saturated heterocycles. The van der Waals surface area contributed by atoms with Gasteiger partial charge in [-0.25, -0.2) is 0 Å². The number of likely N-dealkylation sites (tertiary alicyclic amines) is 1. The Labute approximate surface area is 150 Å². The predicted molar refractivity (Wildman–Crippen MR) is 93.9 cm³/mol. The summed E-state index contributed by atoms with van der Waals surface area (Å²) in [6.45, 7) is 3.98. The SMILES string of the molecule is Cl.N[C@@H]1CCC[C@H]1CC(=O)N1CCCC(C(=O)N2CCOCC2)C1. The third-order valence-corrected chi connectivity index (χ3v) is 5.60. The second-order valence-corrected chi connectivity index (χ2v) is 7.18. The molecule has 1 aliphatic carbocycles. The van der Waals surface area contributed by atoms with Crippen molar-refractivity contribution in [3.05, 3.63) is 0 Å². The lowest BCUT2D eigenvalue weighted by Gasteiger charge is -2.36. The number of morpholine rings is 1. The molecule has 0 aromatic carbocycles. The lowest BCUT2D eigenvalue weighted by atomic mass is 9.94. The molecule has 6 nitrogen and oxygen atoms in total. The van der Waals surface area contributed by atoms with Gasteiger partial charge in [-0.1, -0.05) is 6.42 Å². The first-order valence-corrected chi connectivity index (χ1v) is 9.05. The van der Waals surface area contributed by atoms with Gasteiger partial charge in [0.15, 0.2) is 0 Å². The van der Waals surface area contributed by atoms with Gasteiger partial charge >= 0.3 is 0 Å². The number of carbonyl (C=O) groups is 2. The molecular formula is C17H30ClN3O3. The maximum absolute atomic E-state index is 12.6. The van der Waals surface area contributed by atoms with Crippen LogP contribution in [0.5, 0.6) is 0 Å². The van der Waals surface area contributed by atoms with Crippen LogP contribution in [-0.2, 0) is 14.3 Å². The molecule has 3 rings (SSSR count). The van der Waals surface area contributed by atoms with Crippen molar-refractivity contribution in [2.45, 2.75) is 44.6 Å². The summed E-state index contributed by atoms with van der Waals surface area (Å²) in [5.41, 5.74) is 6.09. The standard InChI is InChI=1S/C17H29N3O3.ClH/c18-15-5-1-3-13(15)11-16(21)20-6-2-4-14(12-20)17(22)19-7-9-23-10-8-19;/h13-15H,1-12,18H2;1H/t13-,14?,15+;/m0./s1. The summed E-state index contributed by atoms with van der Waals surface area (Å²) >= 11 is 0. The highest BCUT2D eigenvalue weighted by Crippen LogP contribution is 2.28. The van der Waals surface area contributed by atoms with E-state index < -0.39 is 0 Å². The van der Waals surface area contributed by atoms with Crippen LogP contribution in [0.15, 0.2) is 0 Å². The highest BCUT2D eigenvalue weighted by Gasteiger charge is 2.33. The lowest BCUT2D eigenvalue weighted by molar-refractivity contribution is -0.144. The maximum atomic E-state index is 12.6. The van der Waals surface area contributed by atoms with Gasteiger partial charge in [-0.2, -0.15) is 0 Å². The van der Waals surface area contributed by atoms with E-state index in [2.05, 4.69) is 0 Å². The van der Waals surface area contributed by atoms with Crippen LogP contribution in [0.25, 0.3) is 0 Å². The van der Waals surface area contributed by atoms with Gasteiger partial charge in [0.25, 0.3) is 0 Å². The molecule has 1 saturated carbocycles. The summed E-state index contributed by atoms with van der Waals surface area (Å²) in [5, 5.41) is 0. The van der Waals surface area contributed by atoms with Crippen molar-refractivity contribution in [2.24, 2.45) is 17.6 Å². The Hall–Kier alpha value is -0.850. The van der Waals surface area contributed by atoms with E-state index in [9.17, 15) is 9.59 Å². The van der Waals surface area contributed by atoms with E-state index >= 15 is 0 Å². The van der Waals surface area contributed by atoms with E-state index in [0.717, 1.165) is 38.6 Å². The summed E-state index contributed by atoms with van der Waals surface area (Å²) in [6, 6.07) is 0.175. The average Bonchev–Trinajstić information content (AvgIpc) is 3.00. The molecular weight excluding hydrogens is 330 g/mol. The normalized spacial score (nSPS) is 30.8.